The van der Waals surface area contributed by atoms with Gasteiger partial charge in [0, 0.05) is 17.5 Å². The molecule has 4 rings (SSSR count). The van der Waals surface area contributed by atoms with E-state index in [1.54, 1.807) is 25.3 Å². The number of carbonyl (C=O) groups excluding carboxylic acids is 2. The largest absolute Gasteiger partial charge is 0.468 e. The summed E-state index contributed by atoms with van der Waals surface area (Å²) < 4.78 is 16.0. The van der Waals surface area contributed by atoms with E-state index >= 15 is 0 Å². The molecule has 2 aliphatic rings. The van der Waals surface area contributed by atoms with Gasteiger partial charge in [-0.05, 0) is 23.8 Å². The molecule has 2 heterocycles. The van der Waals surface area contributed by atoms with Crippen LogP contribution in [0.25, 0.3) is 11.4 Å². The zero-order chi connectivity index (χ0) is 23.2. The summed E-state index contributed by atoms with van der Waals surface area (Å²) in [7, 11) is 2.93. The van der Waals surface area contributed by atoms with Gasteiger partial charge in [0.15, 0.2) is 6.79 Å². The number of carbonyl (C=O) groups is 2. The average Bonchev–Trinajstić information content (AvgIpc) is 3.11. The number of amides is 3. The van der Waals surface area contributed by atoms with Gasteiger partial charge in [-0.1, -0.05) is 30.3 Å². The van der Waals surface area contributed by atoms with E-state index in [1.165, 1.54) is 17.1 Å². The lowest BCUT2D eigenvalue weighted by Gasteiger charge is -2.19. The van der Waals surface area contributed by atoms with E-state index in [0.29, 0.717) is 35.1 Å². The average molecular weight is 455 g/mol. The SMILES string of the molecule is COCCOCOc1ccc2c(c1)=C1CN(C(=O)N1OCc1ccccc1)C=2C(=O)NOC. The van der Waals surface area contributed by atoms with Crippen LogP contribution in [0.4, 0.5) is 4.79 Å². The van der Waals surface area contributed by atoms with Crippen LogP contribution in [-0.2, 0) is 30.6 Å². The fourth-order valence-electron chi connectivity index (χ4n) is 3.62. The summed E-state index contributed by atoms with van der Waals surface area (Å²) in [5.74, 6) is -0.00592. The number of hydroxylamine groups is 3. The zero-order valence-corrected chi connectivity index (χ0v) is 18.4. The Morgan fingerprint density at radius 1 is 1.06 bits per heavy atom. The van der Waals surface area contributed by atoms with E-state index in [0.717, 1.165) is 5.56 Å². The molecule has 2 aliphatic heterocycles. The van der Waals surface area contributed by atoms with Crippen molar-refractivity contribution in [2.75, 3.05) is 40.8 Å². The van der Waals surface area contributed by atoms with E-state index in [1.807, 2.05) is 30.3 Å². The van der Waals surface area contributed by atoms with E-state index < -0.39 is 11.9 Å². The van der Waals surface area contributed by atoms with Crippen LogP contribution in [0.2, 0.25) is 0 Å². The molecule has 0 aliphatic carbocycles. The predicted molar refractivity (Wildman–Crippen MR) is 116 cm³/mol. The maximum atomic E-state index is 13.2. The van der Waals surface area contributed by atoms with E-state index in [9.17, 15) is 9.59 Å². The van der Waals surface area contributed by atoms with Crippen molar-refractivity contribution in [3.05, 3.63) is 64.5 Å². The van der Waals surface area contributed by atoms with Crippen molar-refractivity contribution in [1.29, 1.82) is 0 Å². The molecule has 0 saturated carbocycles. The van der Waals surface area contributed by atoms with Gasteiger partial charge in [-0.25, -0.2) is 10.3 Å². The second-order valence-corrected chi connectivity index (χ2v) is 7.22. The van der Waals surface area contributed by atoms with Crippen molar-refractivity contribution in [3.8, 4) is 5.75 Å². The number of urea groups is 1. The number of nitrogens with zero attached hydrogens (tertiary/aromatic N) is 2. The van der Waals surface area contributed by atoms with Gasteiger partial charge in [-0.2, -0.15) is 5.06 Å². The van der Waals surface area contributed by atoms with Gasteiger partial charge in [0.1, 0.15) is 18.1 Å². The van der Waals surface area contributed by atoms with Crippen molar-refractivity contribution in [2.45, 2.75) is 6.61 Å². The van der Waals surface area contributed by atoms with Gasteiger partial charge >= 0.3 is 6.03 Å². The Morgan fingerprint density at radius 2 is 1.88 bits per heavy atom. The Labute approximate surface area is 190 Å². The van der Waals surface area contributed by atoms with E-state index in [4.69, 9.17) is 23.9 Å². The lowest BCUT2D eigenvalue weighted by Crippen LogP contribution is -2.45. The molecule has 0 atom stereocenters. The molecule has 0 radical (unpaired) electrons. The molecule has 1 saturated heterocycles. The molecular formula is C23H25N3O7. The van der Waals surface area contributed by atoms with Gasteiger partial charge in [0.05, 0.1) is 32.6 Å². The summed E-state index contributed by atoms with van der Waals surface area (Å²) in [5, 5.41) is 2.45. The first-order valence-corrected chi connectivity index (χ1v) is 10.3. The van der Waals surface area contributed by atoms with Gasteiger partial charge < -0.3 is 14.2 Å². The van der Waals surface area contributed by atoms with Gasteiger partial charge in [0.2, 0.25) is 0 Å². The van der Waals surface area contributed by atoms with E-state index in [2.05, 4.69) is 5.48 Å². The number of hydrogen-bond acceptors (Lipinski definition) is 7. The Bertz CT molecular complexity index is 1140. The minimum absolute atomic E-state index is 0.0392. The number of nitrogens with one attached hydrogen (secondary N) is 1. The normalized spacial score (nSPS) is 14.5. The Morgan fingerprint density at radius 3 is 2.64 bits per heavy atom. The highest BCUT2D eigenvalue weighted by atomic mass is 16.7. The summed E-state index contributed by atoms with van der Waals surface area (Å²) in [6.45, 7) is 1.28. The van der Waals surface area contributed by atoms with Gasteiger partial charge in [-0.3, -0.25) is 19.4 Å². The smallest absolute Gasteiger partial charge is 0.353 e. The van der Waals surface area contributed by atoms with Crippen LogP contribution < -0.4 is 20.7 Å². The minimum Gasteiger partial charge on any atom is -0.468 e. The molecule has 2 bridgehead atoms. The lowest BCUT2D eigenvalue weighted by atomic mass is 10.1. The molecule has 33 heavy (non-hydrogen) atoms. The monoisotopic (exact) mass is 455 g/mol. The standard InChI is InChI=1S/C23H25N3O7/c1-29-10-11-31-15-32-17-8-9-18-19(12-17)20-13-25(21(18)22(27)24-30-2)23(28)26(20)33-14-16-6-4-3-5-7-16/h3-9,12H,10-11,13-15H2,1-2H3,(H,24,27). The Balaban J connectivity index is 1.67. The molecule has 174 valence electrons. The third-order valence-corrected chi connectivity index (χ3v) is 5.14. The summed E-state index contributed by atoms with van der Waals surface area (Å²) in [6.07, 6.45) is 0. The van der Waals surface area contributed by atoms with Crippen LogP contribution >= 0.6 is 0 Å². The van der Waals surface area contributed by atoms with Crippen molar-refractivity contribution < 1.29 is 33.5 Å². The van der Waals surface area contributed by atoms with Crippen LogP contribution in [0.5, 0.6) is 5.75 Å². The molecule has 10 nitrogen and oxygen atoms in total. The van der Waals surface area contributed by atoms with E-state index in [-0.39, 0.29) is 25.6 Å². The summed E-state index contributed by atoms with van der Waals surface area (Å²) in [5.41, 5.74) is 4.00. The lowest BCUT2D eigenvalue weighted by molar-refractivity contribution is -0.126. The molecular weight excluding hydrogens is 430 g/mol. The maximum absolute atomic E-state index is 13.2. The van der Waals surface area contributed by atoms with Crippen molar-refractivity contribution in [3.63, 3.8) is 0 Å². The van der Waals surface area contributed by atoms with Crippen LogP contribution in [0.15, 0.2) is 48.5 Å². The Kier molecular flexibility index (Phi) is 7.20. The molecule has 1 fully saturated rings. The molecule has 0 unspecified atom stereocenters. The van der Waals surface area contributed by atoms with Crippen LogP contribution in [0.1, 0.15) is 5.56 Å². The fraction of sp³-hybridized carbons (Fsp3) is 0.304. The second-order valence-electron chi connectivity index (χ2n) is 7.22. The van der Waals surface area contributed by atoms with Crippen LogP contribution in [-0.4, -0.2) is 62.7 Å². The molecule has 10 heteroatoms. The highest BCUT2D eigenvalue weighted by molar-refractivity contribution is 6.17. The summed E-state index contributed by atoms with van der Waals surface area (Å²) in [4.78, 5) is 37.9. The number of fused-ring (bicyclic) bond motifs is 3. The number of benzene rings is 2. The quantitative estimate of drug-likeness (QED) is 0.299. The van der Waals surface area contributed by atoms with Crippen molar-refractivity contribution in [1.82, 2.24) is 15.4 Å². The fourth-order valence-corrected chi connectivity index (χ4v) is 3.62. The second kappa shape index (κ2) is 10.5. The van der Waals surface area contributed by atoms with Crippen LogP contribution in [0.3, 0.4) is 0 Å². The summed E-state index contributed by atoms with van der Waals surface area (Å²) >= 11 is 0. The number of rotatable bonds is 11. The predicted octanol–water partition coefficient (Wildman–Crippen LogP) is 0.463. The number of hydrogen-bond donors (Lipinski definition) is 1. The topological polar surface area (TPSA) is 98.8 Å². The maximum Gasteiger partial charge on any atom is 0.353 e. The van der Waals surface area contributed by atoms with Crippen molar-refractivity contribution >= 4 is 23.3 Å². The number of ether oxygens (including phenoxy) is 3. The van der Waals surface area contributed by atoms with Gasteiger partial charge in [0.25, 0.3) is 5.91 Å². The highest BCUT2D eigenvalue weighted by Gasteiger charge is 2.42. The van der Waals surface area contributed by atoms with Crippen LogP contribution in [0, 0.1) is 0 Å². The third kappa shape index (κ3) is 4.83. The molecule has 3 amide bonds. The summed E-state index contributed by atoms with van der Waals surface area (Å²) in [6, 6.07) is 14.3. The van der Waals surface area contributed by atoms with Gasteiger partial charge in [-0.15, -0.1) is 0 Å². The minimum atomic E-state index is -0.535. The highest BCUT2D eigenvalue weighted by Crippen LogP contribution is 2.27. The zero-order valence-electron chi connectivity index (χ0n) is 18.4. The Hall–Kier alpha value is -3.44. The first-order valence-electron chi connectivity index (χ1n) is 10.3. The molecule has 2 aromatic rings. The first-order chi connectivity index (χ1) is 16.1. The number of methoxy groups -OCH3 is 1. The molecule has 2 aromatic carbocycles. The first kappa shape index (κ1) is 22.7. The molecule has 0 spiro atoms. The third-order valence-electron chi connectivity index (χ3n) is 5.14. The molecule has 1 N–H and O–H groups in total. The molecule has 0 aromatic heterocycles. The van der Waals surface area contributed by atoms with Crippen molar-refractivity contribution in [2.24, 2.45) is 0 Å².